The Bertz CT molecular complexity index is 460. The van der Waals surface area contributed by atoms with Crippen LogP contribution < -0.4 is 0 Å². The molecule has 1 aliphatic rings. The summed E-state index contributed by atoms with van der Waals surface area (Å²) in [7, 11) is 1.40. The highest BCUT2D eigenvalue weighted by Gasteiger charge is 2.21. The van der Waals surface area contributed by atoms with Gasteiger partial charge in [-0.2, -0.15) is 0 Å². The van der Waals surface area contributed by atoms with Crippen LogP contribution in [0, 0.1) is 0 Å². The van der Waals surface area contributed by atoms with Gasteiger partial charge in [0, 0.05) is 42.8 Å². The SMILES string of the molecule is COC(=O)N1CCN(Cc2ccc(Cl)cc2Cl)CC1. The summed E-state index contributed by atoms with van der Waals surface area (Å²) in [6.07, 6.45) is -0.260. The number of piperazine rings is 1. The Morgan fingerprint density at radius 3 is 2.53 bits per heavy atom. The average molecular weight is 303 g/mol. The van der Waals surface area contributed by atoms with Crippen LogP contribution in [0.15, 0.2) is 18.2 Å². The lowest BCUT2D eigenvalue weighted by atomic mass is 10.2. The van der Waals surface area contributed by atoms with Gasteiger partial charge in [0.05, 0.1) is 7.11 Å². The highest BCUT2D eigenvalue weighted by molar-refractivity contribution is 6.35. The number of amides is 1. The lowest BCUT2D eigenvalue weighted by Gasteiger charge is -2.33. The molecule has 0 saturated carbocycles. The first-order valence-corrected chi connectivity index (χ1v) is 6.85. The van der Waals surface area contributed by atoms with Crippen molar-refractivity contribution in [2.75, 3.05) is 33.3 Å². The Kier molecular flexibility index (Phi) is 4.91. The Labute approximate surface area is 122 Å². The van der Waals surface area contributed by atoms with E-state index < -0.39 is 0 Å². The van der Waals surface area contributed by atoms with Gasteiger partial charge in [-0.25, -0.2) is 4.79 Å². The molecule has 0 radical (unpaired) electrons. The molecular weight excluding hydrogens is 287 g/mol. The van der Waals surface area contributed by atoms with Crippen molar-refractivity contribution in [3.8, 4) is 0 Å². The van der Waals surface area contributed by atoms with Crippen LogP contribution in [-0.4, -0.2) is 49.2 Å². The Morgan fingerprint density at radius 2 is 1.95 bits per heavy atom. The van der Waals surface area contributed by atoms with Crippen molar-refractivity contribution < 1.29 is 9.53 Å². The summed E-state index contributed by atoms with van der Waals surface area (Å²) in [4.78, 5) is 15.3. The number of carbonyl (C=O) groups is 1. The van der Waals surface area contributed by atoms with Gasteiger partial charge in [-0.1, -0.05) is 29.3 Å². The molecule has 19 heavy (non-hydrogen) atoms. The molecule has 1 fully saturated rings. The van der Waals surface area contributed by atoms with E-state index in [0.717, 1.165) is 25.2 Å². The summed E-state index contributed by atoms with van der Waals surface area (Å²) in [6.45, 7) is 3.75. The maximum Gasteiger partial charge on any atom is 0.409 e. The highest BCUT2D eigenvalue weighted by Crippen LogP contribution is 2.22. The van der Waals surface area contributed by atoms with Gasteiger partial charge in [0.25, 0.3) is 0 Å². The zero-order valence-corrected chi connectivity index (χ0v) is 12.2. The molecule has 0 unspecified atom stereocenters. The molecule has 1 amide bonds. The standard InChI is InChI=1S/C13H16Cl2N2O2/c1-19-13(18)17-6-4-16(5-7-17)9-10-2-3-11(14)8-12(10)15/h2-3,8H,4-7,9H2,1H3. The predicted molar refractivity (Wildman–Crippen MR) is 75.7 cm³/mol. The van der Waals surface area contributed by atoms with Crippen molar-refractivity contribution in [3.63, 3.8) is 0 Å². The summed E-state index contributed by atoms with van der Waals surface area (Å²) in [5, 5.41) is 1.33. The molecule has 4 nitrogen and oxygen atoms in total. The number of carbonyl (C=O) groups excluding carboxylic acids is 1. The van der Waals surface area contributed by atoms with E-state index in [1.807, 2.05) is 12.1 Å². The van der Waals surface area contributed by atoms with Crippen molar-refractivity contribution in [2.24, 2.45) is 0 Å². The van der Waals surface area contributed by atoms with Crippen LogP contribution in [0.4, 0.5) is 4.79 Å². The van der Waals surface area contributed by atoms with E-state index in [9.17, 15) is 4.79 Å². The first-order valence-electron chi connectivity index (χ1n) is 6.09. The molecule has 0 aromatic heterocycles. The number of methoxy groups -OCH3 is 1. The number of rotatable bonds is 2. The number of benzene rings is 1. The minimum absolute atomic E-state index is 0.260. The maximum atomic E-state index is 11.4. The molecule has 6 heteroatoms. The van der Waals surface area contributed by atoms with Gasteiger partial charge in [-0.05, 0) is 17.7 Å². The van der Waals surface area contributed by atoms with E-state index in [0.29, 0.717) is 23.1 Å². The van der Waals surface area contributed by atoms with Crippen LogP contribution in [0.2, 0.25) is 10.0 Å². The summed E-state index contributed by atoms with van der Waals surface area (Å²) in [6, 6.07) is 5.54. The molecule has 0 aliphatic carbocycles. The van der Waals surface area contributed by atoms with E-state index in [2.05, 4.69) is 4.90 Å². The molecule has 1 heterocycles. The van der Waals surface area contributed by atoms with Crippen LogP contribution >= 0.6 is 23.2 Å². The van der Waals surface area contributed by atoms with Gasteiger partial charge in [0.2, 0.25) is 0 Å². The second kappa shape index (κ2) is 6.46. The Morgan fingerprint density at radius 1 is 1.26 bits per heavy atom. The molecular formula is C13H16Cl2N2O2. The lowest BCUT2D eigenvalue weighted by molar-refractivity contribution is 0.0889. The zero-order chi connectivity index (χ0) is 13.8. The molecule has 1 aliphatic heterocycles. The number of hydrogen-bond acceptors (Lipinski definition) is 3. The molecule has 104 valence electrons. The molecule has 0 spiro atoms. The Balaban J connectivity index is 1.90. The van der Waals surface area contributed by atoms with E-state index in [1.165, 1.54) is 7.11 Å². The molecule has 1 saturated heterocycles. The van der Waals surface area contributed by atoms with Crippen LogP contribution in [0.5, 0.6) is 0 Å². The van der Waals surface area contributed by atoms with E-state index in [1.54, 1.807) is 11.0 Å². The Hall–Kier alpha value is -0.970. The summed E-state index contributed by atoms with van der Waals surface area (Å²) in [5.74, 6) is 0. The van der Waals surface area contributed by atoms with Gasteiger partial charge in [-0.15, -0.1) is 0 Å². The third-order valence-electron chi connectivity index (χ3n) is 3.21. The molecule has 0 atom stereocenters. The summed E-state index contributed by atoms with van der Waals surface area (Å²) < 4.78 is 4.71. The fourth-order valence-corrected chi connectivity index (χ4v) is 2.58. The summed E-state index contributed by atoms with van der Waals surface area (Å²) >= 11 is 12.0. The third kappa shape index (κ3) is 3.75. The fraction of sp³-hybridized carbons (Fsp3) is 0.462. The van der Waals surface area contributed by atoms with Gasteiger partial charge in [-0.3, -0.25) is 4.90 Å². The topological polar surface area (TPSA) is 32.8 Å². The zero-order valence-electron chi connectivity index (χ0n) is 10.7. The molecule has 1 aromatic rings. The van der Waals surface area contributed by atoms with E-state index in [4.69, 9.17) is 27.9 Å². The van der Waals surface area contributed by atoms with Gasteiger partial charge < -0.3 is 9.64 Å². The van der Waals surface area contributed by atoms with Crippen LogP contribution in [0.1, 0.15) is 5.56 Å². The third-order valence-corrected chi connectivity index (χ3v) is 3.80. The molecule has 1 aromatic carbocycles. The smallest absolute Gasteiger partial charge is 0.409 e. The number of halogens is 2. The number of ether oxygens (including phenoxy) is 1. The monoisotopic (exact) mass is 302 g/mol. The van der Waals surface area contributed by atoms with Crippen molar-refractivity contribution in [1.29, 1.82) is 0 Å². The highest BCUT2D eigenvalue weighted by atomic mass is 35.5. The number of hydrogen-bond donors (Lipinski definition) is 0. The predicted octanol–water partition coefficient (Wildman–Crippen LogP) is 2.88. The largest absolute Gasteiger partial charge is 0.453 e. The van der Waals surface area contributed by atoms with Crippen molar-refractivity contribution in [1.82, 2.24) is 9.80 Å². The van der Waals surface area contributed by atoms with Gasteiger partial charge >= 0.3 is 6.09 Å². The van der Waals surface area contributed by atoms with Crippen LogP contribution in [0.3, 0.4) is 0 Å². The van der Waals surface area contributed by atoms with Crippen molar-refractivity contribution in [3.05, 3.63) is 33.8 Å². The molecule has 2 rings (SSSR count). The first kappa shape index (κ1) is 14.4. The second-order valence-electron chi connectivity index (χ2n) is 4.47. The van der Waals surface area contributed by atoms with E-state index >= 15 is 0 Å². The minimum atomic E-state index is -0.260. The van der Waals surface area contributed by atoms with Crippen LogP contribution in [0.25, 0.3) is 0 Å². The van der Waals surface area contributed by atoms with Crippen molar-refractivity contribution >= 4 is 29.3 Å². The summed E-state index contributed by atoms with van der Waals surface area (Å²) in [5.41, 5.74) is 1.05. The normalized spacial score (nSPS) is 16.5. The van der Waals surface area contributed by atoms with E-state index in [-0.39, 0.29) is 6.09 Å². The second-order valence-corrected chi connectivity index (χ2v) is 5.31. The van der Waals surface area contributed by atoms with Crippen LogP contribution in [-0.2, 0) is 11.3 Å². The number of nitrogens with zero attached hydrogens (tertiary/aromatic N) is 2. The van der Waals surface area contributed by atoms with Gasteiger partial charge in [0.1, 0.15) is 0 Å². The minimum Gasteiger partial charge on any atom is -0.453 e. The lowest BCUT2D eigenvalue weighted by Crippen LogP contribution is -2.48. The quantitative estimate of drug-likeness (QED) is 0.842. The van der Waals surface area contributed by atoms with Gasteiger partial charge in [0.15, 0.2) is 0 Å². The molecule has 0 bridgehead atoms. The average Bonchev–Trinajstić information content (AvgIpc) is 2.42. The maximum absolute atomic E-state index is 11.4. The molecule has 0 N–H and O–H groups in total. The first-order chi connectivity index (χ1) is 9.10. The van der Waals surface area contributed by atoms with Crippen molar-refractivity contribution in [2.45, 2.75) is 6.54 Å². The fourth-order valence-electron chi connectivity index (χ4n) is 2.11.